The van der Waals surface area contributed by atoms with E-state index in [1.54, 1.807) is 13.1 Å². The second kappa shape index (κ2) is 7.68. The van der Waals surface area contributed by atoms with Crippen LogP contribution in [0.2, 0.25) is 0 Å². The molecule has 0 spiro atoms. The van der Waals surface area contributed by atoms with Gasteiger partial charge in [0.05, 0.1) is 12.6 Å². The van der Waals surface area contributed by atoms with Crippen molar-refractivity contribution in [2.75, 3.05) is 27.2 Å². The van der Waals surface area contributed by atoms with Gasteiger partial charge in [-0.2, -0.15) is 0 Å². The molecule has 4 nitrogen and oxygen atoms in total. The fourth-order valence-electron chi connectivity index (χ4n) is 2.70. The first-order valence-electron chi connectivity index (χ1n) is 6.62. The van der Waals surface area contributed by atoms with Gasteiger partial charge < -0.3 is 10.6 Å². The summed E-state index contributed by atoms with van der Waals surface area (Å²) < 4.78 is 26.4. The summed E-state index contributed by atoms with van der Waals surface area (Å²) in [4.78, 5) is 13.7. The van der Waals surface area contributed by atoms with Crippen molar-refractivity contribution >= 4 is 18.3 Å². The predicted molar refractivity (Wildman–Crippen MR) is 79.5 cm³/mol. The van der Waals surface area contributed by atoms with E-state index in [1.807, 2.05) is 11.9 Å². The third-order valence-corrected chi connectivity index (χ3v) is 3.62. The molecule has 2 N–H and O–H groups in total. The van der Waals surface area contributed by atoms with Crippen LogP contribution in [0, 0.1) is 11.6 Å². The van der Waals surface area contributed by atoms with Crippen LogP contribution in [0.1, 0.15) is 18.0 Å². The molecule has 0 aliphatic carbocycles. The van der Waals surface area contributed by atoms with Crippen LogP contribution in [0.3, 0.4) is 0 Å². The number of halogens is 3. The molecule has 0 aromatic heterocycles. The molecule has 1 aliphatic rings. The van der Waals surface area contributed by atoms with E-state index in [0.717, 1.165) is 19.0 Å². The van der Waals surface area contributed by atoms with Gasteiger partial charge in [0, 0.05) is 12.6 Å². The molecular formula is C14H20ClF2N3O. The lowest BCUT2D eigenvalue weighted by atomic mass is 10.00. The minimum atomic E-state index is -0.858. The molecular weight excluding hydrogens is 300 g/mol. The molecule has 1 aromatic carbocycles. The Morgan fingerprint density at radius 2 is 2.10 bits per heavy atom. The molecule has 1 saturated heterocycles. The summed E-state index contributed by atoms with van der Waals surface area (Å²) in [5, 5.41) is 5.72. The Morgan fingerprint density at radius 1 is 1.38 bits per heavy atom. The van der Waals surface area contributed by atoms with E-state index < -0.39 is 11.6 Å². The van der Waals surface area contributed by atoms with E-state index >= 15 is 0 Å². The SMILES string of the molecule is CNCC(=O)NC1CCN(C)C1c1ccc(F)c(F)c1.Cl. The second-order valence-corrected chi connectivity index (χ2v) is 5.09. The fraction of sp³-hybridized carbons (Fsp3) is 0.500. The molecule has 1 aliphatic heterocycles. The van der Waals surface area contributed by atoms with Crippen molar-refractivity contribution in [3.63, 3.8) is 0 Å². The maximum Gasteiger partial charge on any atom is 0.234 e. The Morgan fingerprint density at radius 3 is 2.71 bits per heavy atom. The van der Waals surface area contributed by atoms with E-state index in [9.17, 15) is 13.6 Å². The molecule has 118 valence electrons. The van der Waals surface area contributed by atoms with Gasteiger partial charge in [0.2, 0.25) is 5.91 Å². The Hall–Kier alpha value is -1.24. The number of likely N-dealkylation sites (N-methyl/N-ethyl adjacent to an activating group) is 2. The van der Waals surface area contributed by atoms with Crippen LogP contribution in [0.5, 0.6) is 0 Å². The van der Waals surface area contributed by atoms with E-state index in [2.05, 4.69) is 10.6 Å². The molecule has 1 aromatic rings. The van der Waals surface area contributed by atoms with E-state index in [1.165, 1.54) is 6.07 Å². The molecule has 2 atom stereocenters. The first-order chi connectivity index (χ1) is 9.52. The zero-order chi connectivity index (χ0) is 14.7. The number of benzene rings is 1. The molecule has 0 bridgehead atoms. The summed E-state index contributed by atoms with van der Waals surface area (Å²) in [6, 6.07) is 3.68. The number of carbonyl (C=O) groups excluding carboxylic acids is 1. The number of amides is 1. The normalized spacial score (nSPS) is 21.9. The molecule has 7 heteroatoms. The minimum Gasteiger partial charge on any atom is -0.350 e. The molecule has 0 radical (unpaired) electrons. The van der Waals surface area contributed by atoms with Gasteiger partial charge in [0.15, 0.2) is 11.6 Å². The van der Waals surface area contributed by atoms with Crippen LogP contribution in [0.25, 0.3) is 0 Å². The lowest BCUT2D eigenvalue weighted by Gasteiger charge is -2.26. The van der Waals surface area contributed by atoms with Crippen LogP contribution in [-0.2, 0) is 4.79 Å². The Kier molecular flexibility index (Phi) is 6.51. The smallest absolute Gasteiger partial charge is 0.234 e. The first kappa shape index (κ1) is 17.8. The highest BCUT2D eigenvalue weighted by molar-refractivity contribution is 5.85. The third-order valence-electron chi connectivity index (χ3n) is 3.62. The average Bonchev–Trinajstić information content (AvgIpc) is 2.74. The highest BCUT2D eigenvalue weighted by Gasteiger charge is 2.34. The van der Waals surface area contributed by atoms with Crippen LogP contribution in [-0.4, -0.2) is 44.0 Å². The standard InChI is InChI=1S/C14H19F2N3O.ClH/c1-17-8-13(20)18-12-5-6-19(2)14(12)9-3-4-10(15)11(16)7-9;/h3-4,7,12,14,17H,5-6,8H2,1-2H3,(H,18,20);1H. The largest absolute Gasteiger partial charge is 0.350 e. The molecule has 1 amide bonds. The maximum absolute atomic E-state index is 13.4. The van der Waals surface area contributed by atoms with Crippen molar-refractivity contribution < 1.29 is 13.6 Å². The van der Waals surface area contributed by atoms with Gasteiger partial charge in [-0.25, -0.2) is 8.78 Å². The van der Waals surface area contributed by atoms with Gasteiger partial charge in [0.1, 0.15) is 0 Å². The maximum atomic E-state index is 13.4. The fourth-order valence-corrected chi connectivity index (χ4v) is 2.70. The number of nitrogens with one attached hydrogen (secondary N) is 2. The monoisotopic (exact) mass is 319 g/mol. The molecule has 0 saturated carbocycles. The van der Waals surface area contributed by atoms with Crippen molar-refractivity contribution in [3.8, 4) is 0 Å². The van der Waals surface area contributed by atoms with Gasteiger partial charge >= 0.3 is 0 Å². The number of likely N-dealkylation sites (tertiary alicyclic amines) is 1. The molecule has 1 heterocycles. The Labute approximate surface area is 129 Å². The van der Waals surface area contributed by atoms with Crippen molar-refractivity contribution in [2.45, 2.75) is 18.5 Å². The van der Waals surface area contributed by atoms with Crippen LogP contribution < -0.4 is 10.6 Å². The van der Waals surface area contributed by atoms with Gasteiger partial charge in [-0.3, -0.25) is 9.69 Å². The number of nitrogens with zero attached hydrogens (tertiary/aromatic N) is 1. The summed E-state index contributed by atoms with van der Waals surface area (Å²) in [6.45, 7) is 1.04. The number of hydrogen-bond acceptors (Lipinski definition) is 3. The first-order valence-corrected chi connectivity index (χ1v) is 6.62. The lowest BCUT2D eigenvalue weighted by Crippen LogP contribution is -2.42. The highest BCUT2D eigenvalue weighted by Crippen LogP contribution is 2.31. The van der Waals surface area contributed by atoms with E-state index in [4.69, 9.17) is 0 Å². The number of carbonyl (C=O) groups is 1. The molecule has 2 rings (SSSR count). The molecule has 21 heavy (non-hydrogen) atoms. The highest BCUT2D eigenvalue weighted by atomic mass is 35.5. The van der Waals surface area contributed by atoms with E-state index in [-0.39, 0.29) is 36.9 Å². The minimum absolute atomic E-state index is 0. The summed E-state index contributed by atoms with van der Waals surface area (Å²) in [6.07, 6.45) is 0.787. The zero-order valence-corrected chi connectivity index (χ0v) is 12.8. The van der Waals surface area contributed by atoms with Crippen molar-refractivity contribution in [1.82, 2.24) is 15.5 Å². The van der Waals surface area contributed by atoms with Crippen LogP contribution >= 0.6 is 12.4 Å². The number of hydrogen-bond donors (Lipinski definition) is 2. The lowest BCUT2D eigenvalue weighted by molar-refractivity contribution is -0.121. The summed E-state index contributed by atoms with van der Waals surface area (Å²) in [5.74, 6) is -1.81. The topological polar surface area (TPSA) is 44.4 Å². The summed E-state index contributed by atoms with van der Waals surface area (Å²) in [7, 11) is 3.61. The van der Waals surface area contributed by atoms with Crippen LogP contribution in [0.15, 0.2) is 18.2 Å². The predicted octanol–water partition coefficient (Wildman–Crippen LogP) is 1.47. The molecule has 1 fully saturated rings. The zero-order valence-electron chi connectivity index (χ0n) is 12.0. The van der Waals surface area contributed by atoms with Gasteiger partial charge in [-0.15, -0.1) is 12.4 Å². The van der Waals surface area contributed by atoms with Crippen molar-refractivity contribution in [2.24, 2.45) is 0 Å². The third kappa shape index (κ3) is 4.12. The molecule has 2 unspecified atom stereocenters. The van der Waals surface area contributed by atoms with E-state index in [0.29, 0.717) is 5.56 Å². The van der Waals surface area contributed by atoms with Crippen LogP contribution in [0.4, 0.5) is 8.78 Å². The Bertz CT molecular complexity index is 501. The average molecular weight is 320 g/mol. The van der Waals surface area contributed by atoms with Crippen molar-refractivity contribution in [1.29, 1.82) is 0 Å². The summed E-state index contributed by atoms with van der Waals surface area (Å²) >= 11 is 0. The van der Waals surface area contributed by atoms with Gasteiger partial charge in [0.25, 0.3) is 0 Å². The number of rotatable bonds is 4. The van der Waals surface area contributed by atoms with Crippen molar-refractivity contribution in [3.05, 3.63) is 35.4 Å². The quantitative estimate of drug-likeness (QED) is 0.883. The second-order valence-electron chi connectivity index (χ2n) is 5.09. The van der Waals surface area contributed by atoms with Gasteiger partial charge in [-0.1, -0.05) is 6.07 Å². The Balaban J connectivity index is 0.00000220. The van der Waals surface area contributed by atoms with Gasteiger partial charge in [-0.05, 0) is 38.2 Å². The summed E-state index contributed by atoms with van der Waals surface area (Å²) in [5.41, 5.74) is 0.679.